The Morgan fingerprint density at radius 2 is 1.94 bits per heavy atom. The first-order chi connectivity index (χ1) is 8.68. The van der Waals surface area contributed by atoms with Gasteiger partial charge in [0.1, 0.15) is 12.8 Å². The van der Waals surface area contributed by atoms with Crippen molar-refractivity contribution in [3.63, 3.8) is 0 Å². The highest BCUT2D eigenvalue weighted by Gasteiger charge is 2.03. The lowest BCUT2D eigenvalue weighted by Gasteiger charge is -2.05. The Balaban J connectivity index is 2.04. The number of ether oxygens (including phenoxy) is 1. The second-order valence-electron chi connectivity index (χ2n) is 4.31. The van der Waals surface area contributed by atoms with E-state index in [4.69, 9.17) is 15.6 Å². The molecule has 0 amide bonds. The van der Waals surface area contributed by atoms with Gasteiger partial charge in [0, 0.05) is 6.42 Å². The third-order valence-electron chi connectivity index (χ3n) is 2.62. The molecule has 0 heterocycles. The first kappa shape index (κ1) is 14.7. The van der Waals surface area contributed by atoms with Crippen LogP contribution in [0, 0.1) is 0 Å². The Bertz CT molecular complexity index is 338. The molecular weight excluding hydrogens is 230 g/mol. The molecule has 0 aliphatic carbocycles. The van der Waals surface area contributed by atoms with E-state index in [0.717, 1.165) is 24.8 Å². The molecule has 1 aromatic carbocycles. The van der Waals surface area contributed by atoms with Crippen molar-refractivity contribution in [1.82, 2.24) is 0 Å². The number of hydrogen-bond acceptors (Lipinski definition) is 4. The van der Waals surface area contributed by atoms with E-state index in [0.29, 0.717) is 19.4 Å². The second kappa shape index (κ2) is 8.66. The van der Waals surface area contributed by atoms with Gasteiger partial charge in [0.05, 0.1) is 0 Å². The predicted octanol–water partition coefficient (Wildman–Crippen LogP) is 1.96. The number of aliphatic hydroxyl groups is 1. The van der Waals surface area contributed by atoms with E-state index in [1.54, 1.807) is 0 Å². The van der Waals surface area contributed by atoms with Crippen molar-refractivity contribution in [3.8, 4) is 0 Å². The van der Waals surface area contributed by atoms with Crippen LogP contribution in [0.2, 0.25) is 0 Å². The van der Waals surface area contributed by atoms with Crippen LogP contribution in [-0.2, 0) is 16.1 Å². The Morgan fingerprint density at radius 1 is 1.22 bits per heavy atom. The summed E-state index contributed by atoms with van der Waals surface area (Å²) in [6.07, 6.45) is 2.76. The molecule has 18 heavy (non-hydrogen) atoms. The predicted molar refractivity (Wildman–Crippen MR) is 69.5 cm³/mol. The molecule has 3 N–H and O–H groups in total. The Labute approximate surface area is 108 Å². The van der Waals surface area contributed by atoms with Crippen LogP contribution in [0.3, 0.4) is 0 Å². The highest BCUT2D eigenvalue weighted by atomic mass is 16.5. The van der Waals surface area contributed by atoms with Crippen LogP contribution in [0.25, 0.3) is 0 Å². The first-order valence-corrected chi connectivity index (χ1v) is 6.31. The quantitative estimate of drug-likeness (QED) is 0.421. The van der Waals surface area contributed by atoms with E-state index in [9.17, 15) is 4.79 Å². The summed E-state index contributed by atoms with van der Waals surface area (Å²) in [6.45, 7) is 0.335. The molecule has 0 saturated heterocycles. The van der Waals surface area contributed by atoms with Gasteiger partial charge in [-0.1, -0.05) is 36.8 Å². The lowest BCUT2D eigenvalue weighted by Crippen LogP contribution is -2.17. The normalized spacial score (nSPS) is 12.1. The second-order valence-corrected chi connectivity index (χ2v) is 4.31. The average molecular weight is 251 g/mol. The standard InChI is InChI=1S/C14H21NO3/c15-13(16)9-5-2-6-10-14(17)18-11-12-7-3-1-4-8-12/h1,3-4,7-8,13,16H,2,5-6,9-11,15H2. The highest BCUT2D eigenvalue weighted by molar-refractivity contribution is 5.69. The van der Waals surface area contributed by atoms with Gasteiger partial charge in [-0.3, -0.25) is 4.79 Å². The number of unbranched alkanes of at least 4 members (excludes halogenated alkanes) is 2. The molecule has 4 nitrogen and oxygen atoms in total. The molecule has 0 fully saturated rings. The van der Waals surface area contributed by atoms with Crippen molar-refractivity contribution in [2.75, 3.05) is 0 Å². The van der Waals surface area contributed by atoms with Crippen LogP contribution >= 0.6 is 0 Å². The van der Waals surface area contributed by atoms with Gasteiger partial charge in [-0.2, -0.15) is 0 Å². The summed E-state index contributed by atoms with van der Waals surface area (Å²) in [5.41, 5.74) is 6.21. The molecule has 0 saturated carbocycles. The number of carbonyl (C=O) groups excluding carboxylic acids is 1. The smallest absolute Gasteiger partial charge is 0.306 e. The van der Waals surface area contributed by atoms with E-state index in [2.05, 4.69) is 0 Å². The maximum Gasteiger partial charge on any atom is 0.306 e. The lowest BCUT2D eigenvalue weighted by molar-refractivity contribution is -0.145. The number of rotatable bonds is 8. The number of esters is 1. The van der Waals surface area contributed by atoms with Crippen LogP contribution < -0.4 is 5.73 Å². The van der Waals surface area contributed by atoms with E-state index < -0.39 is 6.23 Å². The molecule has 0 bridgehead atoms. The fourth-order valence-electron chi connectivity index (χ4n) is 1.61. The van der Waals surface area contributed by atoms with Crippen LogP contribution in [-0.4, -0.2) is 17.3 Å². The Kier molecular flexibility index (Phi) is 7.06. The third-order valence-corrected chi connectivity index (χ3v) is 2.62. The summed E-state index contributed by atoms with van der Waals surface area (Å²) >= 11 is 0. The monoisotopic (exact) mass is 251 g/mol. The fourth-order valence-corrected chi connectivity index (χ4v) is 1.61. The van der Waals surface area contributed by atoms with Crippen molar-refractivity contribution in [2.24, 2.45) is 5.73 Å². The zero-order valence-corrected chi connectivity index (χ0v) is 10.5. The summed E-state index contributed by atoms with van der Waals surface area (Å²) in [4.78, 5) is 11.4. The molecule has 0 radical (unpaired) electrons. The lowest BCUT2D eigenvalue weighted by atomic mass is 10.1. The molecule has 0 aliphatic heterocycles. The number of carbonyl (C=O) groups is 1. The van der Waals surface area contributed by atoms with Crippen LogP contribution in [0.15, 0.2) is 30.3 Å². The number of hydrogen-bond donors (Lipinski definition) is 2. The van der Waals surface area contributed by atoms with Gasteiger partial charge in [0.15, 0.2) is 0 Å². The Morgan fingerprint density at radius 3 is 2.61 bits per heavy atom. The van der Waals surface area contributed by atoms with Crippen molar-refractivity contribution in [2.45, 2.75) is 44.9 Å². The van der Waals surface area contributed by atoms with Gasteiger partial charge in [-0.25, -0.2) is 0 Å². The highest BCUT2D eigenvalue weighted by Crippen LogP contribution is 2.06. The van der Waals surface area contributed by atoms with Crippen LogP contribution in [0.1, 0.15) is 37.7 Å². The minimum absolute atomic E-state index is 0.174. The largest absolute Gasteiger partial charge is 0.461 e. The van der Waals surface area contributed by atoms with Crippen molar-refractivity contribution < 1.29 is 14.6 Å². The van der Waals surface area contributed by atoms with E-state index in [1.165, 1.54) is 0 Å². The van der Waals surface area contributed by atoms with Gasteiger partial charge in [0.25, 0.3) is 0 Å². The van der Waals surface area contributed by atoms with Crippen LogP contribution in [0.5, 0.6) is 0 Å². The SMILES string of the molecule is NC(O)CCCCCC(=O)OCc1ccccc1. The summed E-state index contributed by atoms with van der Waals surface area (Å²) in [6, 6.07) is 9.62. The maximum absolute atomic E-state index is 11.4. The van der Waals surface area contributed by atoms with E-state index >= 15 is 0 Å². The Hall–Kier alpha value is -1.39. The average Bonchev–Trinajstić information content (AvgIpc) is 2.37. The van der Waals surface area contributed by atoms with E-state index in [1.807, 2.05) is 30.3 Å². The fraction of sp³-hybridized carbons (Fsp3) is 0.500. The van der Waals surface area contributed by atoms with Gasteiger partial charge in [-0.15, -0.1) is 0 Å². The molecule has 0 aromatic heterocycles. The maximum atomic E-state index is 11.4. The molecular formula is C14H21NO3. The van der Waals surface area contributed by atoms with Crippen molar-refractivity contribution in [3.05, 3.63) is 35.9 Å². The molecule has 1 rings (SSSR count). The van der Waals surface area contributed by atoms with Crippen molar-refractivity contribution >= 4 is 5.97 Å². The summed E-state index contributed by atoms with van der Waals surface area (Å²) < 4.78 is 5.14. The zero-order chi connectivity index (χ0) is 13.2. The van der Waals surface area contributed by atoms with Gasteiger partial charge >= 0.3 is 5.97 Å². The molecule has 1 unspecified atom stereocenters. The minimum Gasteiger partial charge on any atom is -0.461 e. The third kappa shape index (κ3) is 7.04. The number of aliphatic hydroxyl groups excluding tert-OH is 1. The first-order valence-electron chi connectivity index (χ1n) is 6.31. The molecule has 0 aliphatic rings. The van der Waals surface area contributed by atoms with Crippen molar-refractivity contribution in [1.29, 1.82) is 0 Å². The topological polar surface area (TPSA) is 72.5 Å². The molecule has 100 valence electrons. The van der Waals surface area contributed by atoms with E-state index in [-0.39, 0.29) is 5.97 Å². The van der Waals surface area contributed by atoms with Gasteiger partial charge in [0.2, 0.25) is 0 Å². The zero-order valence-electron chi connectivity index (χ0n) is 10.5. The summed E-state index contributed by atoms with van der Waals surface area (Å²) in [7, 11) is 0. The van der Waals surface area contributed by atoms with Gasteiger partial charge < -0.3 is 15.6 Å². The van der Waals surface area contributed by atoms with Crippen LogP contribution in [0.4, 0.5) is 0 Å². The van der Waals surface area contributed by atoms with Gasteiger partial charge in [-0.05, 0) is 24.8 Å². The summed E-state index contributed by atoms with van der Waals surface area (Å²) in [5, 5.41) is 8.86. The molecule has 4 heteroatoms. The summed E-state index contributed by atoms with van der Waals surface area (Å²) in [5.74, 6) is -0.174. The number of benzene rings is 1. The molecule has 1 atom stereocenters. The number of nitrogens with two attached hydrogens (primary N) is 1. The minimum atomic E-state index is -0.741. The molecule has 1 aromatic rings. The molecule has 0 spiro atoms.